The van der Waals surface area contributed by atoms with E-state index in [9.17, 15) is 9.59 Å². The molecule has 0 radical (unpaired) electrons. The van der Waals surface area contributed by atoms with E-state index in [0.717, 1.165) is 0 Å². The molecule has 0 spiro atoms. The van der Waals surface area contributed by atoms with Crippen molar-refractivity contribution in [1.29, 1.82) is 0 Å². The van der Waals surface area contributed by atoms with Crippen molar-refractivity contribution in [3.05, 3.63) is 23.3 Å². The number of methoxy groups -OCH3 is 6. The summed E-state index contributed by atoms with van der Waals surface area (Å²) in [5.74, 6) is 1.96. The van der Waals surface area contributed by atoms with Crippen LogP contribution in [0.15, 0.2) is 12.1 Å². The van der Waals surface area contributed by atoms with Gasteiger partial charge in [-0.15, -0.1) is 0 Å². The van der Waals surface area contributed by atoms with Crippen LogP contribution in [0.1, 0.15) is 46.4 Å². The van der Waals surface area contributed by atoms with Crippen LogP contribution in [-0.4, -0.2) is 67.4 Å². The zero-order valence-electron chi connectivity index (χ0n) is 21.5. The quantitative estimate of drug-likeness (QED) is 0.570. The lowest BCUT2D eigenvalue weighted by Crippen LogP contribution is -2.14. The van der Waals surface area contributed by atoms with Crippen LogP contribution in [-0.2, 0) is 0 Å². The molecule has 0 saturated carbocycles. The molecule has 1 heterocycles. The maximum atomic E-state index is 13.3. The third-order valence-corrected chi connectivity index (χ3v) is 5.76. The van der Waals surface area contributed by atoms with Gasteiger partial charge in [0.15, 0.2) is 34.6 Å². The minimum absolute atomic E-state index is 0.135. The van der Waals surface area contributed by atoms with Gasteiger partial charge in [0.25, 0.3) is 0 Å². The van der Waals surface area contributed by atoms with Crippen molar-refractivity contribution in [3.63, 3.8) is 0 Å². The predicted octanol–water partition coefficient (Wildman–Crippen LogP) is 4.14. The smallest absolute Gasteiger partial charge is 0.204 e. The second-order valence-corrected chi connectivity index (χ2v) is 7.79. The zero-order valence-corrected chi connectivity index (χ0v) is 21.5. The highest BCUT2D eigenvalue weighted by atomic mass is 16.5. The molecule has 10 nitrogen and oxygen atoms in total. The fourth-order valence-electron chi connectivity index (χ4n) is 4.10. The van der Waals surface area contributed by atoms with Crippen molar-refractivity contribution in [3.8, 4) is 46.0 Å². The summed E-state index contributed by atoms with van der Waals surface area (Å²) in [7, 11) is 8.80. The van der Waals surface area contributed by atoms with Crippen molar-refractivity contribution in [2.24, 2.45) is 0 Å². The standard InChI is InChI=1S/C26H32O10/c1-29-19-13-17-21(25(33-5)23(19)31-3)15(27)9-8-12-36-18-14-20(30-2)24(32-4)26(34-6)22(18)16(28)10-7-11-35-17/h13-14H,7-12H2,1-6H3. The molecule has 3 rings (SSSR count). The first-order chi connectivity index (χ1) is 17.4. The van der Waals surface area contributed by atoms with E-state index >= 15 is 0 Å². The van der Waals surface area contributed by atoms with E-state index in [4.69, 9.17) is 37.9 Å². The monoisotopic (exact) mass is 504 g/mol. The van der Waals surface area contributed by atoms with Gasteiger partial charge < -0.3 is 37.9 Å². The lowest BCUT2D eigenvalue weighted by molar-refractivity contribution is 0.0942. The molecule has 0 bridgehead atoms. The first-order valence-electron chi connectivity index (χ1n) is 11.4. The predicted molar refractivity (Wildman–Crippen MR) is 130 cm³/mol. The van der Waals surface area contributed by atoms with Crippen LogP contribution in [0.25, 0.3) is 0 Å². The van der Waals surface area contributed by atoms with Gasteiger partial charge in [-0.05, 0) is 12.8 Å². The molecule has 196 valence electrons. The van der Waals surface area contributed by atoms with E-state index in [1.54, 1.807) is 12.1 Å². The highest BCUT2D eigenvalue weighted by Crippen LogP contribution is 2.47. The normalized spacial score (nSPS) is 14.3. The van der Waals surface area contributed by atoms with Crippen LogP contribution < -0.4 is 37.9 Å². The molecule has 10 heteroatoms. The summed E-state index contributed by atoms with van der Waals surface area (Å²) in [6.07, 6.45) is 0.992. The summed E-state index contributed by atoms with van der Waals surface area (Å²) in [6.45, 7) is 0.326. The highest BCUT2D eigenvalue weighted by molar-refractivity contribution is 6.03. The third-order valence-electron chi connectivity index (χ3n) is 5.76. The van der Waals surface area contributed by atoms with Crippen molar-refractivity contribution in [2.75, 3.05) is 55.9 Å². The van der Waals surface area contributed by atoms with Crippen LogP contribution in [0, 0.1) is 0 Å². The number of ketones is 2. The molecule has 2 aromatic carbocycles. The Morgan fingerprint density at radius 2 is 0.917 bits per heavy atom. The van der Waals surface area contributed by atoms with Crippen LogP contribution in [0.4, 0.5) is 0 Å². The Labute approximate surface area is 210 Å². The molecular weight excluding hydrogens is 472 g/mol. The van der Waals surface area contributed by atoms with Crippen molar-refractivity contribution >= 4 is 11.6 Å². The van der Waals surface area contributed by atoms with Gasteiger partial charge in [-0.1, -0.05) is 0 Å². The molecule has 1 aliphatic rings. The summed E-state index contributed by atoms with van der Waals surface area (Å²) < 4.78 is 44.7. The fourth-order valence-corrected chi connectivity index (χ4v) is 4.10. The van der Waals surface area contributed by atoms with Crippen molar-refractivity contribution < 1.29 is 47.5 Å². The molecule has 0 N–H and O–H groups in total. The van der Waals surface area contributed by atoms with E-state index in [-0.39, 0.29) is 60.2 Å². The van der Waals surface area contributed by atoms with Gasteiger partial charge in [-0.3, -0.25) is 9.59 Å². The Balaban J connectivity index is 2.02. The molecule has 0 atom stereocenters. The summed E-state index contributed by atoms with van der Waals surface area (Å²) in [4.78, 5) is 26.6. The SMILES string of the molecule is COc1cc2c(c(OC)c1OC)C(=O)CCCOc1cc(OC)c(OC)c(OC)c1C(=O)CCCO2. The first-order valence-corrected chi connectivity index (χ1v) is 11.4. The molecule has 1 aliphatic heterocycles. The lowest BCUT2D eigenvalue weighted by atomic mass is 10.0. The topological polar surface area (TPSA) is 108 Å². The highest BCUT2D eigenvalue weighted by Gasteiger charge is 2.29. The fraction of sp³-hybridized carbons (Fsp3) is 0.462. The number of hydrogen-bond acceptors (Lipinski definition) is 10. The minimum atomic E-state index is -0.204. The van der Waals surface area contributed by atoms with E-state index in [2.05, 4.69) is 0 Å². The van der Waals surface area contributed by atoms with Crippen molar-refractivity contribution in [1.82, 2.24) is 0 Å². The molecule has 0 amide bonds. The van der Waals surface area contributed by atoms with Crippen LogP contribution >= 0.6 is 0 Å². The molecule has 0 fully saturated rings. The third kappa shape index (κ3) is 5.22. The number of carbonyl (C=O) groups is 2. The van der Waals surface area contributed by atoms with E-state index in [1.165, 1.54) is 42.7 Å². The Kier molecular flexibility index (Phi) is 9.10. The maximum Gasteiger partial charge on any atom is 0.204 e. The summed E-state index contributed by atoms with van der Waals surface area (Å²) in [5.41, 5.74) is 0.513. The molecule has 0 unspecified atom stereocenters. The largest absolute Gasteiger partial charge is 0.493 e. The van der Waals surface area contributed by atoms with Crippen molar-refractivity contribution in [2.45, 2.75) is 25.7 Å². The molecule has 36 heavy (non-hydrogen) atoms. The second kappa shape index (κ2) is 12.2. The number of ether oxygens (including phenoxy) is 8. The van der Waals surface area contributed by atoms with E-state index < -0.39 is 0 Å². The second-order valence-electron chi connectivity index (χ2n) is 7.79. The van der Waals surface area contributed by atoms with Gasteiger partial charge in [0.05, 0.1) is 55.9 Å². The number of rotatable bonds is 6. The van der Waals surface area contributed by atoms with Crippen LogP contribution in [0.5, 0.6) is 46.0 Å². The van der Waals surface area contributed by atoms with Crippen LogP contribution in [0.2, 0.25) is 0 Å². The van der Waals surface area contributed by atoms with E-state index in [0.29, 0.717) is 47.3 Å². The Morgan fingerprint density at radius 1 is 0.556 bits per heavy atom. The Hall–Kier alpha value is -3.82. The number of carbonyl (C=O) groups excluding carboxylic acids is 2. The minimum Gasteiger partial charge on any atom is -0.493 e. The summed E-state index contributed by atoms with van der Waals surface area (Å²) >= 11 is 0. The molecule has 0 aromatic heterocycles. The average Bonchev–Trinajstić information content (AvgIpc) is 2.90. The number of benzene rings is 2. The number of Topliss-reactive ketones (excluding diaryl/α,β-unsaturated/α-hetero) is 2. The molecule has 0 aliphatic carbocycles. The number of fused-ring (bicyclic) bond motifs is 2. The first kappa shape index (κ1) is 26.8. The Morgan fingerprint density at radius 3 is 1.22 bits per heavy atom. The van der Waals surface area contributed by atoms with Gasteiger partial charge in [0.2, 0.25) is 11.5 Å². The maximum absolute atomic E-state index is 13.3. The number of hydrogen-bond donors (Lipinski definition) is 0. The molecule has 0 saturated heterocycles. The lowest BCUT2D eigenvalue weighted by Gasteiger charge is -2.21. The van der Waals surface area contributed by atoms with Gasteiger partial charge in [-0.2, -0.15) is 0 Å². The van der Waals surface area contributed by atoms with Crippen LogP contribution in [0.3, 0.4) is 0 Å². The van der Waals surface area contributed by atoms with Gasteiger partial charge in [-0.25, -0.2) is 0 Å². The Bertz CT molecular complexity index is 1020. The van der Waals surface area contributed by atoms with E-state index in [1.807, 2.05) is 0 Å². The van der Waals surface area contributed by atoms with Gasteiger partial charge in [0.1, 0.15) is 22.6 Å². The summed E-state index contributed by atoms with van der Waals surface area (Å²) in [5, 5.41) is 0. The molecular formula is C26H32O10. The van der Waals surface area contributed by atoms with Gasteiger partial charge >= 0.3 is 0 Å². The average molecular weight is 505 g/mol. The van der Waals surface area contributed by atoms with Gasteiger partial charge in [0, 0.05) is 25.0 Å². The summed E-state index contributed by atoms with van der Waals surface area (Å²) in [6, 6.07) is 3.18. The molecule has 2 aromatic rings. The zero-order chi connectivity index (χ0) is 26.2.